The van der Waals surface area contributed by atoms with Gasteiger partial charge in [0, 0.05) is 12.4 Å². The zero-order valence-electron chi connectivity index (χ0n) is 6.92. The lowest BCUT2D eigenvalue weighted by atomic mass is 10.4. The highest BCUT2D eigenvalue weighted by Crippen LogP contribution is 2.02. The predicted molar refractivity (Wildman–Crippen MR) is 45.1 cm³/mol. The molecule has 5 nitrogen and oxygen atoms in total. The van der Waals surface area contributed by atoms with Crippen molar-refractivity contribution in [1.82, 2.24) is 5.01 Å². The van der Waals surface area contributed by atoms with Crippen molar-refractivity contribution < 1.29 is 9.84 Å². The van der Waals surface area contributed by atoms with Crippen molar-refractivity contribution in [3.05, 3.63) is 12.3 Å². The van der Waals surface area contributed by atoms with Crippen molar-refractivity contribution in [2.45, 2.75) is 19.4 Å². The smallest absolute Gasteiger partial charge is 0.240 e. The highest BCUT2D eigenvalue weighted by atomic mass is 16.5. The number of nitrogens with zero attached hydrogens (tertiary/aromatic N) is 2. The van der Waals surface area contributed by atoms with Crippen LogP contribution in [0, 0.1) is 0 Å². The molecule has 0 saturated carbocycles. The number of allylic oxidation sites excluding steroid dienone is 1. The Morgan fingerprint density at radius 1 is 1.83 bits per heavy atom. The van der Waals surface area contributed by atoms with Gasteiger partial charge in [-0.05, 0) is 13.0 Å². The molecule has 0 bridgehead atoms. The molecule has 3 N–H and O–H groups in total. The molecule has 1 heterocycles. The number of hydrogen-bond donors (Lipinski definition) is 2. The Balaban J connectivity index is 2.32. The van der Waals surface area contributed by atoms with Crippen molar-refractivity contribution in [1.29, 1.82) is 0 Å². The van der Waals surface area contributed by atoms with Crippen LogP contribution in [0.3, 0.4) is 0 Å². The normalized spacial score (nSPS) is 24.6. The first-order chi connectivity index (χ1) is 5.70. The molecule has 2 atom stereocenters. The fraction of sp³-hybridized carbons (Fsp3) is 0.571. The van der Waals surface area contributed by atoms with E-state index in [9.17, 15) is 0 Å². The van der Waals surface area contributed by atoms with E-state index in [1.807, 2.05) is 0 Å². The van der Waals surface area contributed by atoms with Crippen LogP contribution < -0.4 is 5.84 Å². The number of hydrazine groups is 1. The number of aliphatic hydroxyl groups excluding tert-OH is 1. The zero-order chi connectivity index (χ0) is 8.97. The van der Waals surface area contributed by atoms with Crippen LogP contribution >= 0.6 is 0 Å². The molecule has 1 aliphatic heterocycles. The van der Waals surface area contributed by atoms with Crippen molar-refractivity contribution in [3.63, 3.8) is 0 Å². The Hall–Kier alpha value is -0.910. The fourth-order valence-corrected chi connectivity index (χ4v) is 0.766. The monoisotopic (exact) mass is 171 g/mol. The Bertz CT molecular complexity index is 191. The van der Waals surface area contributed by atoms with Gasteiger partial charge in [-0.3, -0.25) is 5.01 Å². The molecule has 0 aromatic heterocycles. The third-order valence-electron chi connectivity index (χ3n) is 1.30. The second kappa shape index (κ2) is 4.20. The lowest BCUT2D eigenvalue weighted by molar-refractivity contribution is -0.0626. The maximum absolute atomic E-state index is 8.92. The summed E-state index contributed by atoms with van der Waals surface area (Å²) in [6.07, 6.45) is 3.96. The summed E-state index contributed by atoms with van der Waals surface area (Å²) in [5.41, 5.74) is 0. The lowest BCUT2D eigenvalue weighted by Crippen LogP contribution is -2.39. The molecule has 1 rings (SSSR count). The molecular weight excluding hydrogens is 158 g/mol. The van der Waals surface area contributed by atoms with Crippen molar-refractivity contribution in [2.75, 3.05) is 6.61 Å². The van der Waals surface area contributed by atoms with E-state index < -0.39 is 12.5 Å². The van der Waals surface area contributed by atoms with Crippen LogP contribution in [-0.4, -0.2) is 35.4 Å². The molecule has 68 valence electrons. The molecule has 0 aromatic rings. The van der Waals surface area contributed by atoms with Crippen LogP contribution in [-0.2, 0) is 4.74 Å². The second-order valence-electron chi connectivity index (χ2n) is 2.60. The van der Waals surface area contributed by atoms with Crippen LogP contribution in [0.1, 0.15) is 6.92 Å². The summed E-state index contributed by atoms with van der Waals surface area (Å²) in [5, 5.41) is 10.3. The minimum absolute atomic E-state index is 0.226. The largest absolute Gasteiger partial charge is 0.391 e. The summed E-state index contributed by atoms with van der Waals surface area (Å²) in [6, 6.07) is 0. The van der Waals surface area contributed by atoms with E-state index in [4.69, 9.17) is 15.7 Å². The van der Waals surface area contributed by atoms with Crippen molar-refractivity contribution >= 4 is 6.21 Å². The third kappa shape index (κ3) is 2.61. The molecule has 0 amide bonds. The molecule has 0 fully saturated rings. The summed E-state index contributed by atoms with van der Waals surface area (Å²) in [7, 11) is 0. The van der Waals surface area contributed by atoms with Gasteiger partial charge in [0.1, 0.15) is 0 Å². The Labute approximate surface area is 71.1 Å². The Kier molecular flexibility index (Phi) is 3.21. The first-order valence-corrected chi connectivity index (χ1v) is 3.73. The van der Waals surface area contributed by atoms with E-state index in [0.717, 1.165) is 0 Å². The SMILES string of the molecule is CC(O)COC1N=CC=CN1N. The van der Waals surface area contributed by atoms with E-state index >= 15 is 0 Å². The van der Waals surface area contributed by atoms with Gasteiger partial charge in [0.15, 0.2) is 0 Å². The Morgan fingerprint density at radius 3 is 3.17 bits per heavy atom. The van der Waals surface area contributed by atoms with E-state index in [2.05, 4.69) is 4.99 Å². The average Bonchev–Trinajstić information content (AvgIpc) is 2.03. The lowest BCUT2D eigenvalue weighted by Gasteiger charge is -2.24. The van der Waals surface area contributed by atoms with Gasteiger partial charge in [0.05, 0.1) is 12.7 Å². The van der Waals surface area contributed by atoms with Gasteiger partial charge in [-0.15, -0.1) is 0 Å². The van der Waals surface area contributed by atoms with E-state index in [0.29, 0.717) is 0 Å². The molecule has 0 spiro atoms. The van der Waals surface area contributed by atoms with E-state index in [1.165, 1.54) is 5.01 Å². The number of nitrogens with two attached hydrogens (primary N) is 1. The van der Waals surface area contributed by atoms with Gasteiger partial charge in [-0.1, -0.05) is 0 Å². The van der Waals surface area contributed by atoms with Crippen LogP contribution in [0.4, 0.5) is 0 Å². The standard InChI is InChI=1S/C7H13N3O2/c1-6(11)5-12-7-9-3-2-4-10(7)8/h2-4,6-7,11H,5,8H2,1H3. The highest BCUT2D eigenvalue weighted by molar-refractivity contribution is 5.71. The maximum Gasteiger partial charge on any atom is 0.240 e. The van der Waals surface area contributed by atoms with Crippen LogP contribution in [0.2, 0.25) is 0 Å². The summed E-state index contributed by atoms with van der Waals surface area (Å²) in [4.78, 5) is 3.94. The fourth-order valence-electron chi connectivity index (χ4n) is 0.766. The van der Waals surface area contributed by atoms with Crippen LogP contribution in [0.15, 0.2) is 17.3 Å². The summed E-state index contributed by atoms with van der Waals surface area (Å²) >= 11 is 0. The molecule has 1 aliphatic rings. The predicted octanol–water partition coefficient (Wildman–Crippen LogP) is -0.559. The molecule has 0 aromatic carbocycles. The number of ether oxygens (including phenoxy) is 1. The van der Waals surface area contributed by atoms with Gasteiger partial charge in [-0.2, -0.15) is 0 Å². The topological polar surface area (TPSA) is 71.1 Å². The molecule has 2 unspecified atom stereocenters. The third-order valence-corrected chi connectivity index (χ3v) is 1.30. The number of rotatable bonds is 3. The number of hydrogen-bond acceptors (Lipinski definition) is 5. The number of aliphatic imine (C=N–C) groups is 1. The van der Waals surface area contributed by atoms with Gasteiger partial charge in [0.2, 0.25) is 6.35 Å². The summed E-state index contributed by atoms with van der Waals surface area (Å²) in [6.45, 7) is 1.87. The van der Waals surface area contributed by atoms with Gasteiger partial charge >= 0.3 is 0 Å². The summed E-state index contributed by atoms with van der Waals surface area (Å²) < 4.78 is 5.16. The molecule has 0 saturated heterocycles. The van der Waals surface area contributed by atoms with Gasteiger partial charge in [-0.25, -0.2) is 10.8 Å². The van der Waals surface area contributed by atoms with Gasteiger partial charge < -0.3 is 9.84 Å². The minimum Gasteiger partial charge on any atom is -0.391 e. The minimum atomic E-state index is -0.510. The first-order valence-electron chi connectivity index (χ1n) is 3.73. The Morgan fingerprint density at radius 2 is 2.58 bits per heavy atom. The molecule has 5 heteroatoms. The number of aliphatic hydroxyl groups is 1. The average molecular weight is 171 g/mol. The van der Waals surface area contributed by atoms with Crippen molar-refractivity contribution in [3.8, 4) is 0 Å². The van der Waals surface area contributed by atoms with E-state index in [-0.39, 0.29) is 6.61 Å². The first kappa shape index (κ1) is 9.18. The quantitative estimate of drug-likeness (QED) is 0.558. The van der Waals surface area contributed by atoms with Crippen molar-refractivity contribution in [2.24, 2.45) is 10.8 Å². The van der Waals surface area contributed by atoms with Gasteiger partial charge in [0.25, 0.3) is 0 Å². The molecular formula is C7H13N3O2. The zero-order valence-corrected chi connectivity index (χ0v) is 6.92. The van der Waals surface area contributed by atoms with Crippen LogP contribution in [0.5, 0.6) is 0 Å². The summed E-state index contributed by atoms with van der Waals surface area (Å²) in [5.74, 6) is 5.49. The second-order valence-corrected chi connectivity index (χ2v) is 2.60. The maximum atomic E-state index is 8.92. The van der Waals surface area contributed by atoms with E-state index in [1.54, 1.807) is 25.4 Å². The molecule has 0 aliphatic carbocycles. The van der Waals surface area contributed by atoms with Crippen LogP contribution in [0.25, 0.3) is 0 Å². The molecule has 0 radical (unpaired) electrons. The highest BCUT2D eigenvalue weighted by Gasteiger charge is 2.12. The molecule has 12 heavy (non-hydrogen) atoms.